The quantitative estimate of drug-likeness (QED) is 0.367. The fourth-order valence-electron chi connectivity index (χ4n) is 1.28. The molecule has 0 aromatic heterocycles. The zero-order valence-electron chi connectivity index (χ0n) is 8.79. The molecule has 3 nitrogen and oxygen atoms in total. The molecule has 0 saturated carbocycles. The SMILES string of the molecule is C[N+](C)(CC#N)CCCCCCO. The maximum atomic E-state index is 8.56. The number of hydrogen-bond acceptors (Lipinski definition) is 2. The van der Waals surface area contributed by atoms with E-state index in [-0.39, 0.29) is 0 Å². The van der Waals surface area contributed by atoms with Crippen molar-refractivity contribution < 1.29 is 9.59 Å². The van der Waals surface area contributed by atoms with Crippen LogP contribution in [0.15, 0.2) is 0 Å². The lowest BCUT2D eigenvalue weighted by atomic mass is 10.2. The van der Waals surface area contributed by atoms with Crippen LogP contribution in [0.4, 0.5) is 0 Å². The Morgan fingerprint density at radius 3 is 2.31 bits per heavy atom. The van der Waals surface area contributed by atoms with E-state index in [2.05, 4.69) is 20.2 Å². The monoisotopic (exact) mass is 185 g/mol. The van der Waals surface area contributed by atoms with Crippen LogP contribution in [0.2, 0.25) is 0 Å². The van der Waals surface area contributed by atoms with Gasteiger partial charge in [0.2, 0.25) is 0 Å². The Kier molecular flexibility index (Phi) is 6.56. The van der Waals surface area contributed by atoms with Crippen molar-refractivity contribution in [1.29, 1.82) is 5.26 Å². The maximum Gasteiger partial charge on any atom is 0.166 e. The summed E-state index contributed by atoms with van der Waals surface area (Å²) in [5.41, 5.74) is 0. The molecule has 0 spiro atoms. The van der Waals surface area contributed by atoms with Gasteiger partial charge in [0.05, 0.1) is 20.6 Å². The highest BCUT2D eigenvalue weighted by molar-refractivity contribution is 4.66. The topological polar surface area (TPSA) is 44.0 Å². The summed E-state index contributed by atoms with van der Waals surface area (Å²) < 4.78 is 0.787. The molecule has 0 fully saturated rings. The molecule has 0 unspecified atom stereocenters. The second-order valence-electron chi connectivity index (χ2n) is 4.11. The van der Waals surface area contributed by atoms with E-state index < -0.39 is 0 Å². The van der Waals surface area contributed by atoms with Crippen LogP contribution in [-0.4, -0.2) is 43.4 Å². The molecule has 0 bridgehead atoms. The van der Waals surface area contributed by atoms with Gasteiger partial charge in [0.15, 0.2) is 6.54 Å². The van der Waals surface area contributed by atoms with E-state index in [0.717, 1.165) is 36.7 Å². The number of unbranched alkanes of at least 4 members (excludes halogenated alkanes) is 3. The van der Waals surface area contributed by atoms with E-state index in [9.17, 15) is 0 Å². The normalized spacial score (nSPS) is 11.2. The van der Waals surface area contributed by atoms with Crippen molar-refractivity contribution in [3.8, 4) is 6.07 Å². The molecule has 0 atom stereocenters. The molecule has 0 aliphatic heterocycles. The fourth-order valence-corrected chi connectivity index (χ4v) is 1.28. The molecule has 0 heterocycles. The highest BCUT2D eigenvalue weighted by Crippen LogP contribution is 2.04. The van der Waals surface area contributed by atoms with Crippen LogP contribution >= 0.6 is 0 Å². The van der Waals surface area contributed by atoms with Crippen molar-refractivity contribution in [2.45, 2.75) is 25.7 Å². The summed E-state index contributed by atoms with van der Waals surface area (Å²) in [5.74, 6) is 0. The number of hydrogen-bond donors (Lipinski definition) is 1. The van der Waals surface area contributed by atoms with Gasteiger partial charge in [0.1, 0.15) is 6.07 Å². The van der Waals surface area contributed by atoms with Crippen LogP contribution < -0.4 is 0 Å². The second kappa shape index (κ2) is 6.88. The molecule has 3 heteroatoms. The van der Waals surface area contributed by atoms with E-state index in [1.54, 1.807) is 0 Å². The molecular formula is C10H21N2O+. The van der Waals surface area contributed by atoms with Crippen molar-refractivity contribution in [1.82, 2.24) is 0 Å². The lowest BCUT2D eigenvalue weighted by Crippen LogP contribution is -2.40. The molecule has 0 radical (unpaired) electrons. The summed E-state index contributed by atoms with van der Waals surface area (Å²) in [6.45, 7) is 1.94. The first kappa shape index (κ1) is 12.4. The molecule has 13 heavy (non-hydrogen) atoms. The summed E-state index contributed by atoms with van der Waals surface area (Å²) in [6.07, 6.45) is 4.32. The van der Waals surface area contributed by atoms with E-state index in [1.165, 1.54) is 0 Å². The lowest BCUT2D eigenvalue weighted by Gasteiger charge is -2.26. The minimum absolute atomic E-state index is 0.302. The molecule has 1 N–H and O–H groups in total. The van der Waals surface area contributed by atoms with Gasteiger partial charge < -0.3 is 9.59 Å². The minimum atomic E-state index is 0.302. The molecule has 76 valence electrons. The predicted octanol–water partition coefficient (Wildman–Crippen LogP) is 1.14. The molecule has 0 saturated heterocycles. The molecule has 0 aliphatic carbocycles. The van der Waals surface area contributed by atoms with Gasteiger partial charge in [-0.2, -0.15) is 5.26 Å². The first-order chi connectivity index (χ1) is 6.12. The van der Waals surface area contributed by atoms with Crippen molar-refractivity contribution >= 4 is 0 Å². The number of nitrogens with zero attached hydrogens (tertiary/aromatic N) is 2. The van der Waals surface area contributed by atoms with E-state index in [0.29, 0.717) is 13.2 Å². The van der Waals surface area contributed by atoms with Gasteiger partial charge in [0, 0.05) is 6.61 Å². The fraction of sp³-hybridized carbons (Fsp3) is 0.900. The average Bonchev–Trinajstić information content (AvgIpc) is 2.04. The predicted molar refractivity (Wildman–Crippen MR) is 53.0 cm³/mol. The van der Waals surface area contributed by atoms with E-state index >= 15 is 0 Å². The molecular weight excluding hydrogens is 164 g/mol. The lowest BCUT2D eigenvalue weighted by molar-refractivity contribution is -0.883. The summed E-state index contributed by atoms with van der Waals surface area (Å²) in [4.78, 5) is 0. The zero-order chi connectivity index (χ0) is 10.2. The van der Waals surface area contributed by atoms with Crippen LogP contribution in [0.5, 0.6) is 0 Å². The highest BCUT2D eigenvalue weighted by atomic mass is 16.2. The first-order valence-corrected chi connectivity index (χ1v) is 4.92. The summed E-state index contributed by atoms with van der Waals surface area (Å²) in [6, 6.07) is 2.19. The Bertz CT molecular complexity index is 161. The van der Waals surface area contributed by atoms with Crippen LogP contribution in [0, 0.1) is 11.3 Å². The van der Waals surface area contributed by atoms with Crippen molar-refractivity contribution in [3.63, 3.8) is 0 Å². The largest absolute Gasteiger partial charge is 0.396 e. The summed E-state index contributed by atoms with van der Waals surface area (Å²) >= 11 is 0. The van der Waals surface area contributed by atoms with E-state index in [4.69, 9.17) is 10.4 Å². The van der Waals surface area contributed by atoms with E-state index in [1.807, 2.05) is 0 Å². The Hall–Kier alpha value is -0.590. The zero-order valence-corrected chi connectivity index (χ0v) is 8.79. The second-order valence-corrected chi connectivity index (χ2v) is 4.11. The van der Waals surface area contributed by atoms with Gasteiger partial charge in [-0.3, -0.25) is 0 Å². The number of aliphatic hydroxyl groups is 1. The number of nitriles is 1. The van der Waals surface area contributed by atoms with Crippen LogP contribution in [0.25, 0.3) is 0 Å². The van der Waals surface area contributed by atoms with Crippen molar-refractivity contribution in [2.75, 3.05) is 33.8 Å². The Balaban J connectivity index is 3.36. The van der Waals surface area contributed by atoms with Crippen LogP contribution in [0.3, 0.4) is 0 Å². The van der Waals surface area contributed by atoms with Gasteiger partial charge in [-0.25, -0.2) is 0 Å². The third kappa shape index (κ3) is 7.76. The van der Waals surface area contributed by atoms with Gasteiger partial charge in [-0.1, -0.05) is 6.42 Å². The third-order valence-electron chi connectivity index (χ3n) is 2.17. The molecule has 0 aromatic rings. The summed E-state index contributed by atoms with van der Waals surface area (Å²) in [5, 5.41) is 17.1. The number of rotatable bonds is 7. The highest BCUT2D eigenvalue weighted by Gasteiger charge is 2.12. The first-order valence-electron chi connectivity index (χ1n) is 4.92. The van der Waals surface area contributed by atoms with Gasteiger partial charge in [-0.15, -0.1) is 0 Å². The Morgan fingerprint density at radius 2 is 1.77 bits per heavy atom. The summed E-state index contributed by atoms with van der Waals surface area (Å²) in [7, 11) is 4.16. The maximum absolute atomic E-state index is 8.56. The van der Waals surface area contributed by atoms with Crippen LogP contribution in [-0.2, 0) is 0 Å². The molecule has 0 aliphatic rings. The average molecular weight is 185 g/mol. The van der Waals surface area contributed by atoms with Crippen LogP contribution in [0.1, 0.15) is 25.7 Å². The standard InChI is InChI=1S/C10H21N2O/c1-12(2,9-7-11)8-5-3-4-6-10-13/h13H,3-6,8-10H2,1-2H3/q+1. The molecule has 0 amide bonds. The third-order valence-corrected chi connectivity index (χ3v) is 2.17. The number of aliphatic hydroxyl groups excluding tert-OH is 1. The van der Waals surface area contributed by atoms with Gasteiger partial charge >= 0.3 is 0 Å². The Labute approximate surface area is 81.2 Å². The Morgan fingerprint density at radius 1 is 1.15 bits per heavy atom. The molecule has 0 aromatic carbocycles. The number of quaternary nitrogens is 1. The van der Waals surface area contributed by atoms with Crippen molar-refractivity contribution in [3.05, 3.63) is 0 Å². The van der Waals surface area contributed by atoms with Crippen molar-refractivity contribution in [2.24, 2.45) is 0 Å². The minimum Gasteiger partial charge on any atom is -0.396 e. The molecule has 0 rings (SSSR count). The smallest absolute Gasteiger partial charge is 0.166 e. The van der Waals surface area contributed by atoms with Gasteiger partial charge in [0.25, 0.3) is 0 Å². The van der Waals surface area contributed by atoms with Gasteiger partial charge in [-0.05, 0) is 19.3 Å².